The van der Waals surface area contributed by atoms with Crippen LogP contribution in [0.5, 0.6) is 5.75 Å². The summed E-state index contributed by atoms with van der Waals surface area (Å²) in [7, 11) is 0. The zero-order valence-electron chi connectivity index (χ0n) is 11.2. The van der Waals surface area contributed by atoms with Crippen molar-refractivity contribution in [1.29, 1.82) is 5.26 Å². The van der Waals surface area contributed by atoms with Crippen LogP contribution in [-0.2, 0) is 6.61 Å². The van der Waals surface area contributed by atoms with E-state index >= 15 is 0 Å². The van der Waals surface area contributed by atoms with Crippen molar-refractivity contribution in [2.24, 2.45) is 0 Å². The van der Waals surface area contributed by atoms with E-state index in [9.17, 15) is 9.18 Å². The Labute approximate surface area is 126 Å². The highest BCUT2D eigenvalue weighted by Crippen LogP contribution is 2.24. The van der Waals surface area contributed by atoms with Gasteiger partial charge < -0.3 is 4.74 Å². The molecule has 0 saturated carbocycles. The van der Waals surface area contributed by atoms with Crippen LogP contribution in [0.4, 0.5) is 4.39 Å². The summed E-state index contributed by atoms with van der Waals surface area (Å²) in [5, 5.41) is 9.11. The fourth-order valence-corrected chi connectivity index (χ4v) is 1.96. The molecule has 21 heavy (non-hydrogen) atoms. The average molecular weight is 304 g/mol. The molecule has 0 heterocycles. The molecule has 5 heteroatoms. The molecule has 0 aliphatic carbocycles. The minimum Gasteiger partial charge on any atom is -0.488 e. The Balaban J connectivity index is 2.21. The number of hydrogen-bond acceptors (Lipinski definition) is 3. The topological polar surface area (TPSA) is 50.1 Å². The number of carbonyl (C=O) groups excluding carboxylic acids is 1. The van der Waals surface area contributed by atoms with Crippen LogP contribution in [0.3, 0.4) is 0 Å². The van der Waals surface area contributed by atoms with Gasteiger partial charge in [0.25, 0.3) is 0 Å². The molecule has 0 saturated heterocycles. The van der Waals surface area contributed by atoms with E-state index in [4.69, 9.17) is 21.6 Å². The van der Waals surface area contributed by atoms with Crippen LogP contribution in [0.25, 0.3) is 0 Å². The van der Waals surface area contributed by atoms with Crippen LogP contribution >= 0.6 is 11.6 Å². The monoisotopic (exact) mass is 303 g/mol. The highest BCUT2D eigenvalue weighted by molar-refractivity contribution is 6.31. The van der Waals surface area contributed by atoms with E-state index in [0.717, 1.165) is 6.07 Å². The Morgan fingerprint density at radius 1 is 1.33 bits per heavy atom. The van der Waals surface area contributed by atoms with Crippen molar-refractivity contribution in [2.45, 2.75) is 13.5 Å². The molecule has 0 radical (unpaired) electrons. The third-order valence-corrected chi connectivity index (χ3v) is 3.12. The van der Waals surface area contributed by atoms with E-state index in [2.05, 4.69) is 0 Å². The van der Waals surface area contributed by atoms with Gasteiger partial charge in [0.2, 0.25) is 0 Å². The first-order valence-electron chi connectivity index (χ1n) is 6.13. The number of hydrogen-bond donors (Lipinski definition) is 0. The van der Waals surface area contributed by atoms with Gasteiger partial charge in [0.05, 0.1) is 17.2 Å². The van der Waals surface area contributed by atoms with Crippen LogP contribution in [-0.4, -0.2) is 5.78 Å². The number of carbonyl (C=O) groups is 1. The molecule has 106 valence electrons. The van der Waals surface area contributed by atoms with Gasteiger partial charge >= 0.3 is 0 Å². The molecule has 0 aliphatic rings. The van der Waals surface area contributed by atoms with E-state index in [0.29, 0.717) is 21.9 Å². The Morgan fingerprint density at radius 3 is 2.71 bits per heavy atom. The third-order valence-electron chi connectivity index (χ3n) is 2.89. The number of halogens is 2. The zero-order chi connectivity index (χ0) is 15.4. The van der Waals surface area contributed by atoms with Gasteiger partial charge in [-0.1, -0.05) is 17.7 Å². The second-order valence-electron chi connectivity index (χ2n) is 4.40. The number of nitrogens with zero attached hydrogens (tertiary/aromatic N) is 1. The number of benzene rings is 2. The summed E-state index contributed by atoms with van der Waals surface area (Å²) >= 11 is 5.84. The van der Waals surface area contributed by atoms with Crippen molar-refractivity contribution in [3.63, 3.8) is 0 Å². The average Bonchev–Trinajstić information content (AvgIpc) is 2.46. The van der Waals surface area contributed by atoms with Gasteiger partial charge in [-0.2, -0.15) is 5.26 Å². The van der Waals surface area contributed by atoms with Crippen LogP contribution in [0.1, 0.15) is 28.4 Å². The van der Waals surface area contributed by atoms with E-state index < -0.39 is 5.82 Å². The molecule has 0 unspecified atom stereocenters. The summed E-state index contributed by atoms with van der Waals surface area (Å²) in [6, 6.07) is 10.7. The van der Waals surface area contributed by atoms with Crippen molar-refractivity contribution >= 4 is 17.4 Å². The van der Waals surface area contributed by atoms with E-state index in [-0.39, 0.29) is 18.0 Å². The maximum atomic E-state index is 13.7. The van der Waals surface area contributed by atoms with Crippen LogP contribution in [0, 0.1) is 17.1 Å². The molecule has 0 atom stereocenters. The van der Waals surface area contributed by atoms with E-state index in [1.54, 1.807) is 12.1 Å². The first kappa shape index (κ1) is 15.0. The van der Waals surface area contributed by atoms with E-state index in [1.165, 1.54) is 25.1 Å². The largest absolute Gasteiger partial charge is 0.488 e. The fraction of sp³-hybridized carbons (Fsp3) is 0.125. The van der Waals surface area contributed by atoms with Crippen molar-refractivity contribution in [1.82, 2.24) is 0 Å². The SMILES string of the molecule is CC(=O)c1cc(Cl)ccc1OCc1ccc(C#N)cc1F. The first-order chi connectivity index (χ1) is 10.0. The summed E-state index contributed by atoms with van der Waals surface area (Å²) in [5.41, 5.74) is 0.891. The highest BCUT2D eigenvalue weighted by atomic mass is 35.5. The molecule has 0 amide bonds. The molecular formula is C16H11ClFNO2. The molecule has 2 aromatic rings. The van der Waals surface area contributed by atoms with Gasteiger partial charge in [0.15, 0.2) is 5.78 Å². The van der Waals surface area contributed by atoms with Gasteiger partial charge in [-0.3, -0.25) is 4.79 Å². The lowest BCUT2D eigenvalue weighted by Crippen LogP contribution is -2.03. The number of ketones is 1. The maximum absolute atomic E-state index is 13.7. The molecule has 0 aliphatic heterocycles. The second kappa shape index (κ2) is 6.38. The Hall–Kier alpha value is -2.38. The van der Waals surface area contributed by atoms with Crippen LogP contribution in [0.2, 0.25) is 5.02 Å². The molecule has 2 aromatic carbocycles. The summed E-state index contributed by atoms with van der Waals surface area (Å²) in [4.78, 5) is 11.5. The van der Waals surface area contributed by atoms with Crippen molar-refractivity contribution in [3.8, 4) is 11.8 Å². The predicted octanol–water partition coefficient (Wildman–Crippen LogP) is 4.13. The van der Waals surface area contributed by atoms with Crippen LogP contribution in [0.15, 0.2) is 36.4 Å². The highest BCUT2D eigenvalue weighted by Gasteiger charge is 2.11. The lowest BCUT2D eigenvalue weighted by atomic mass is 10.1. The second-order valence-corrected chi connectivity index (χ2v) is 4.84. The minimum atomic E-state index is -0.521. The van der Waals surface area contributed by atoms with Gasteiger partial charge in [-0.05, 0) is 37.3 Å². The number of nitriles is 1. The zero-order valence-corrected chi connectivity index (χ0v) is 11.9. The molecule has 0 N–H and O–H groups in total. The maximum Gasteiger partial charge on any atom is 0.163 e. The summed E-state index contributed by atoms with van der Waals surface area (Å²) in [6.45, 7) is 1.36. The number of Topliss-reactive ketones (excluding diaryl/α,β-unsaturated/α-hetero) is 1. The van der Waals surface area contributed by atoms with Gasteiger partial charge in [-0.25, -0.2) is 4.39 Å². The Morgan fingerprint density at radius 2 is 2.10 bits per heavy atom. The van der Waals surface area contributed by atoms with Gasteiger partial charge in [0, 0.05) is 10.6 Å². The molecule has 2 rings (SSSR count). The van der Waals surface area contributed by atoms with Crippen molar-refractivity contribution in [3.05, 3.63) is 63.9 Å². The number of ether oxygens (including phenoxy) is 1. The summed E-state index contributed by atoms with van der Waals surface area (Å²) in [5.74, 6) is -0.365. The lowest BCUT2D eigenvalue weighted by Gasteiger charge is -2.11. The normalized spacial score (nSPS) is 10.0. The quantitative estimate of drug-likeness (QED) is 0.798. The lowest BCUT2D eigenvalue weighted by molar-refractivity contribution is 0.101. The Bertz CT molecular complexity index is 738. The van der Waals surface area contributed by atoms with Gasteiger partial charge in [0.1, 0.15) is 18.2 Å². The molecule has 3 nitrogen and oxygen atoms in total. The third kappa shape index (κ3) is 3.59. The first-order valence-corrected chi connectivity index (χ1v) is 6.51. The van der Waals surface area contributed by atoms with Crippen molar-refractivity contribution in [2.75, 3.05) is 0 Å². The fourth-order valence-electron chi connectivity index (χ4n) is 1.79. The van der Waals surface area contributed by atoms with Crippen LogP contribution < -0.4 is 4.74 Å². The Kier molecular flexibility index (Phi) is 4.56. The molecule has 0 bridgehead atoms. The summed E-state index contributed by atoms with van der Waals surface area (Å²) in [6.07, 6.45) is 0. The molecule has 0 spiro atoms. The summed E-state index contributed by atoms with van der Waals surface area (Å²) < 4.78 is 19.2. The molecule has 0 fully saturated rings. The molecular weight excluding hydrogens is 293 g/mol. The molecule has 0 aromatic heterocycles. The minimum absolute atomic E-state index is 0.0422. The van der Waals surface area contributed by atoms with E-state index in [1.807, 2.05) is 6.07 Å². The predicted molar refractivity (Wildman–Crippen MR) is 76.9 cm³/mol. The smallest absolute Gasteiger partial charge is 0.163 e. The van der Waals surface area contributed by atoms with Crippen molar-refractivity contribution < 1.29 is 13.9 Å². The van der Waals surface area contributed by atoms with Gasteiger partial charge in [-0.15, -0.1) is 0 Å². The number of rotatable bonds is 4. The standard InChI is InChI=1S/C16H11ClFNO2/c1-10(20)14-7-13(17)4-5-16(14)21-9-12-3-2-11(8-19)6-15(12)18/h2-7H,9H2,1H3.